The number of nitrogens with one attached hydrogen (secondary N) is 2. The van der Waals surface area contributed by atoms with Crippen molar-refractivity contribution >= 4 is 29.9 Å². The van der Waals surface area contributed by atoms with Gasteiger partial charge in [-0.3, -0.25) is 9.89 Å². The number of likely N-dealkylation sites (tertiary alicyclic amines) is 1. The summed E-state index contributed by atoms with van der Waals surface area (Å²) in [6, 6.07) is 6.51. The average molecular weight is 476 g/mol. The summed E-state index contributed by atoms with van der Waals surface area (Å²) >= 11 is 0. The summed E-state index contributed by atoms with van der Waals surface area (Å²) in [7, 11) is 5.10. The summed E-state index contributed by atoms with van der Waals surface area (Å²) in [5.74, 6) is 2.31. The molecule has 6 nitrogen and oxygen atoms in total. The molecular formula is C19H33IN4O2. The third kappa shape index (κ3) is 6.50. The van der Waals surface area contributed by atoms with Crippen LogP contribution in [0.2, 0.25) is 0 Å². The highest BCUT2D eigenvalue weighted by Crippen LogP contribution is 2.27. The van der Waals surface area contributed by atoms with Crippen LogP contribution < -0.4 is 20.1 Å². The van der Waals surface area contributed by atoms with E-state index < -0.39 is 0 Å². The standard InChI is InChI=1S/C19H32N4O2.HI/c1-5-16(23-10-6-7-11-23)14-22-19(20-2)21-13-15-8-9-17(24-3)18(12-15)25-4;/h8-9,12,16H,5-7,10-11,13-14H2,1-4H3,(H2,20,21,22);1H. The Kier molecular flexibility index (Phi) is 10.7. The van der Waals surface area contributed by atoms with Crippen molar-refractivity contribution in [2.45, 2.75) is 38.8 Å². The monoisotopic (exact) mass is 476 g/mol. The molecule has 0 aliphatic carbocycles. The third-order valence-electron chi connectivity index (χ3n) is 4.76. The van der Waals surface area contributed by atoms with Crippen LogP contribution in [0, 0.1) is 0 Å². The van der Waals surface area contributed by atoms with Crippen LogP contribution in [0.25, 0.3) is 0 Å². The van der Waals surface area contributed by atoms with E-state index in [9.17, 15) is 0 Å². The minimum Gasteiger partial charge on any atom is -0.493 e. The van der Waals surface area contributed by atoms with Crippen LogP contribution in [0.15, 0.2) is 23.2 Å². The van der Waals surface area contributed by atoms with Gasteiger partial charge in [-0.15, -0.1) is 24.0 Å². The van der Waals surface area contributed by atoms with Gasteiger partial charge in [-0.2, -0.15) is 0 Å². The van der Waals surface area contributed by atoms with Crippen LogP contribution in [0.1, 0.15) is 31.7 Å². The molecule has 1 aliphatic rings. The van der Waals surface area contributed by atoms with E-state index in [1.165, 1.54) is 25.9 Å². The van der Waals surface area contributed by atoms with E-state index >= 15 is 0 Å². The van der Waals surface area contributed by atoms with Gasteiger partial charge in [0.25, 0.3) is 0 Å². The van der Waals surface area contributed by atoms with Gasteiger partial charge in [0.05, 0.1) is 14.2 Å². The molecule has 0 amide bonds. The van der Waals surface area contributed by atoms with Crippen LogP contribution in [-0.4, -0.2) is 57.8 Å². The van der Waals surface area contributed by atoms with Crippen molar-refractivity contribution in [3.05, 3.63) is 23.8 Å². The zero-order chi connectivity index (χ0) is 18.1. The van der Waals surface area contributed by atoms with Gasteiger partial charge in [0.15, 0.2) is 17.5 Å². The highest BCUT2D eigenvalue weighted by Gasteiger charge is 2.20. The second kappa shape index (κ2) is 12.2. The summed E-state index contributed by atoms with van der Waals surface area (Å²) in [6.45, 7) is 6.29. The van der Waals surface area contributed by atoms with Gasteiger partial charge in [0, 0.05) is 26.2 Å². The molecule has 1 aromatic carbocycles. The van der Waals surface area contributed by atoms with Crippen LogP contribution in [0.5, 0.6) is 11.5 Å². The Morgan fingerprint density at radius 2 is 1.85 bits per heavy atom. The lowest BCUT2D eigenvalue weighted by molar-refractivity contribution is 0.236. The van der Waals surface area contributed by atoms with Crippen LogP contribution in [0.3, 0.4) is 0 Å². The van der Waals surface area contributed by atoms with Gasteiger partial charge in [-0.05, 0) is 50.0 Å². The third-order valence-corrected chi connectivity index (χ3v) is 4.76. The van der Waals surface area contributed by atoms with E-state index in [0.717, 1.165) is 36.0 Å². The van der Waals surface area contributed by atoms with E-state index in [1.54, 1.807) is 21.3 Å². The summed E-state index contributed by atoms with van der Waals surface area (Å²) in [6.07, 6.45) is 3.80. The molecule has 1 saturated heterocycles. The Hall–Kier alpha value is -1.22. The predicted molar refractivity (Wildman–Crippen MR) is 118 cm³/mol. The van der Waals surface area contributed by atoms with Crippen LogP contribution >= 0.6 is 24.0 Å². The molecule has 148 valence electrons. The molecule has 1 unspecified atom stereocenters. The summed E-state index contributed by atoms with van der Waals surface area (Å²) in [5, 5.41) is 6.83. The van der Waals surface area contributed by atoms with Crippen molar-refractivity contribution in [2.24, 2.45) is 4.99 Å². The molecular weight excluding hydrogens is 443 g/mol. The molecule has 1 aromatic rings. The van der Waals surface area contributed by atoms with Gasteiger partial charge >= 0.3 is 0 Å². The highest BCUT2D eigenvalue weighted by molar-refractivity contribution is 14.0. The highest BCUT2D eigenvalue weighted by atomic mass is 127. The number of benzene rings is 1. The Morgan fingerprint density at radius 3 is 2.42 bits per heavy atom. The quantitative estimate of drug-likeness (QED) is 0.344. The van der Waals surface area contributed by atoms with Crippen molar-refractivity contribution in [3.8, 4) is 11.5 Å². The largest absolute Gasteiger partial charge is 0.493 e. The molecule has 0 saturated carbocycles. The number of rotatable bonds is 8. The number of aliphatic imine (C=N–C) groups is 1. The van der Waals surface area contributed by atoms with Crippen molar-refractivity contribution in [2.75, 3.05) is 40.9 Å². The predicted octanol–water partition coefficient (Wildman–Crippen LogP) is 2.86. The van der Waals surface area contributed by atoms with Crippen molar-refractivity contribution in [1.29, 1.82) is 0 Å². The topological polar surface area (TPSA) is 58.1 Å². The van der Waals surface area contributed by atoms with E-state index in [0.29, 0.717) is 12.6 Å². The van der Waals surface area contributed by atoms with Crippen LogP contribution in [0.4, 0.5) is 0 Å². The van der Waals surface area contributed by atoms with Gasteiger partial charge in [0.2, 0.25) is 0 Å². The Morgan fingerprint density at radius 1 is 1.15 bits per heavy atom. The lowest BCUT2D eigenvalue weighted by atomic mass is 10.2. The second-order valence-corrected chi connectivity index (χ2v) is 6.30. The Balaban J connectivity index is 0.00000338. The minimum atomic E-state index is 0. The maximum absolute atomic E-state index is 5.36. The van der Waals surface area contributed by atoms with Crippen molar-refractivity contribution < 1.29 is 9.47 Å². The molecule has 2 N–H and O–H groups in total. The fourth-order valence-corrected chi connectivity index (χ4v) is 3.25. The maximum atomic E-state index is 5.36. The van der Waals surface area contributed by atoms with Gasteiger partial charge in [-0.1, -0.05) is 13.0 Å². The molecule has 1 heterocycles. The van der Waals surface area contributed by atoms with Gasteiger partial charge in [-0.25, -0.2) is 0 Å². The molecule has 1 fully saturated rings. The molecule has 26 heavy (non-hydrogen) atoms. The number of nitrogens with zero attached hydrogens (tertiary/aromatic N) is 2. The number of guanidine groups is 1. The lowest BCUT2D eigenvalue weighted by Crippen LogP contribution is -2.46. The fourth-order valence-electron chi connectivity index (χ4n) is 3.25. The maximum Gasteiger partial charge on any atom is 0.191 e. The van der Waals surface area contributed by atoms with Crippen molar-refractivity contribution in [1.82, 2.24) is 15.5 Å². The van der Waals surface area contributed by atoms with E-state index in [4.69, 9.17) is 9.47 Å². The smallest absolute Gasteiger partial charge is 0.191 e. The molecule has 0 spiro atoms. The molecule has 0 bridgehead atoms. The molecule has 1 aliphatic heterocycles. The first-order chi connectivity index (χ1) is 12.2. The summed E-state index contributed by atoms with van der Waals surface area (Å²) < 4.78 is 10.6. The Labute approximate surface area is 174 Å². The lowest BCUT2D eigenvalue weighted by Gasteiger charge is -2.27. The number of halogens is 1. The first-order valence-corrected chi connectivity index (χ1v) is 9.11. The summed E-state index contributed by atoms with van der Waals surface area (Å²) in [5.41, 5.74) is 1.12. The number of hydrogen-bond donors (Lipinski definition) is 2. The molecule has 0 radical (unpaired) electrons. The summed E-state index contributed by atoms with van der Waals surface area (Å²) in [4.78, 5) is 6.91. The second-order valence-electron chi connectivity index (χ2n) is 6.30. The zero-order valence-corrected chi connectivity index (χ0v) is 18.7. The number of hydrogen-bond acceptors (Lipinski definition) is 4. The Bertz CT molecular complexity index is 562. The van der Waals surface area contributed by atoms with Crippen LogP contribution in [-0.2, 0) is 6.54 Å². The minimum absolute atomic E-state index is 0. The van der Waals surface area contributed by atoms with E-state index in [1.807, 2.05) is 18.2 Å². The fraction of sp³-hybridized carbons (Fsp3) is 0.632. The van der Waals surface area contributed by atoms with E-state index in [-0.39, 0.29) is 24.0 Å². The number of methoxy groups -OCH3 is 2. The molecule has 0 aromatic heterocycles. The molecule has 2 rings (SSSR count). The van der Waals surface area contributed by atoms with Gasteiger partial charge < -0.3 is 20.1 Å². The average Bonchev–Trinajstić information content (AvgIpc) is 3.18. The first-order valence-electron chi connectivity index (χ1n) is 9.11. The van der Waals surface area contributed by atoms with E-state index in [2.05, 4.69) is 27.4 Å². The normalized spacial score (nSPS) is 15.9. The van der Waals surface area contributed by atoms with Crippen molar-refractivity contribution in [3.63, 3.8) is 0 Å². The first kappa shape index (κ1) is 22.8. The zero-order valence-electron chi connectivity index (χ0n) is 16.4. The SMILES string of the molecule is CCC(CNC(=NC)NCc1ccc(OC)c(OC)c1)N1CCCC1.I. The molecule has 1 atom stereocenters. The number of ether oxygens (including phenoxy) is 2. The molecule has 7 heteroatoms. The van der Waals surface area contributed by atoms with Gasteiger partial charge in [0.1, 0.15) is 0 Å².